The van der Waals surface area contributed by atoms with Crippen LogP contribution in [0.2, 0.25) is 5.02 Å². The molecule has 0 aliphatic heterocycles. The summed E-state index contributed by atoms with van der Waals surface area (Å²) in [6, 6.07) is 12.0. The van der Waals surface area contributed by atoms with E-state index in [1.807, 2.05) is 12.1 Å². The van der Waals surface area contributed by atoms with Gasteiger partial charge in [0.2, 0.25) is 0 Å². The Morgan fingerprint density at radius 2 is 2.08 bits per heavy atom. The van der Waals surface area contributed by atoms with E-state index in [0.717, 1.165) is 24.1 Å². The van der Waals surface area contributed by atoms with Gasteiger partial charge in [0.25, 0.3) is 0 Å². The first kappa shape index (κ1) is 19.8. The highest BCUT2D eigenvalue weighted by molar-refractivity contribution is 14.0. The maximum absolute atomic E-state index is 13.4. The summed E-state index contributed by atoms with van der Waals surface area (Å²) in [6.45, 7) is 0.527. The molecule has 1 saturated carbocycles. The third kappa shape index (κ3) is 4.76. The topological polar surface area (TPSA) is 59.6 Å². The monoisotopic (exact) mass is 475 g/mol. The van der Waals surface area contributed by atoms with E-state index < -0.39 is 0 Å². The van der Waals surface area contributed by atoms with Crippen LogP contribution in [0.4, 0.5) is 10.1 Å². The van der Waals surface area contributed by atoms with Crippen LogP contribution in [0.15, 0.2) is 47.5 Å². The Morgan fingerprint density at radius 3 is 2.68 bits per heavy atom. The molecule has 2 aromatic rings. The third-order valence-corrected chi connectivity index (χ3v) is 4.56. The molecule has 0 heterocycles. The molecule has 1 aliphatic carbocycles. The maximum atomic E-state index is 13.4. The number of benzene rings is 2. The molecule has 0 spiro atoms. The number of aliphatic imine (C=N–C) groups is 1. The molecule has 0 aromatic heterocycles. The SMILES string of the molecule is COc1ccc(NC(N)=NCC2(c3cccc(F)c3)CC2)cc1Cl.I. The number of nitrogens with zero attached hydrogens (tertiary/aromatic N) is 1. The normalized spacial score (nSPS) is 15.2. The minimum atomic E-state index is -0.221. The molecule has 3 rings (SSSR count). The molecule has 1 fully saturated rings. The van der Waals surface area contributed by atoms with Crippen LogP contribution in [-0.2, 0) is 5.41 Å². The van der Waals surface area contributed by atoms with Crippen LogP contribution in [0, 0.1) is 5.82 Å². The van der Waals surface area contributed by atoms with Crippen molar-refractivity contribution in [2.24, 2.45) is 10.7 Å². The standard InChI is InChI=1S/C18H19ClFN3O.HI/c1-24-16-6-5-14(10-15(16)19)23-17(21)22-11-18(7-8-18)12-3-2-4-13(20)9-12;/h2-6,9-10H,7-8,11H2,1H3,(H3,21,22,23);1H. The number of hydrogen-bond acceptors (Lipinski definition) is 2. The summed E-state index contributed by atoms with van der Waals surface area (Å²) in [5, 5.41) is 3.51. The molecule has 4 nitrogen and oxygen atoms in total. The quantitative estimate of drug-likeness (QED) is 0.378. The van der Waals surface area contributed by atoms with Gasteiger partial charge in [-0.05, 0) is 48.7 Å². The fourth-order valence-corrected chi connectivity index (χ4v) is 2.93. The van der Waals surface area contributed by atoms with Crippen LogP contribution in [-0.4, -0.2) is 19.6 Å². The van der Waals surface area contributed by atoms with E-state index in [1.165, 1.54) is 6.07 Å². The zero-order valence-corrected chi connectivity index (χ0v) is 16.8. The van der Waals surface area contributed by atoms with Gasteiger partial charge >= 0.3 is 0 Å². The average Bonchev–Trinajstić information content (AvgIpc) is 3.34. The van der Waals surface area contributed by atoms with E-state index in [2.05, 4.69) is 10.3 Å². The number of hydrogen-bond donors (Lipinski definition) is 2. The Labute approximate surface area is 168 Å². The van der Waals surface area contributed by atoms with E-state index >= 15 is 0 Å². The molecule has 134 valence electrons. The molecule has 2 aromatic carbocycles. The van der Waals surface area contributed by atoms with Crippen molar-refractivity contribution in [3.05, 3.63) is 58.9 Å². The van der Waals surface area contributed by atoms with Crippen LogP contribution in [0.25, 0.3) is 0 Å². The zero-order valence-electron chi connectivity index (χ0n) is 13.8. The zero-order chi connectivity index (χ0) is 17.2. The van der Waals surface area contributed by atoms with Crippen molar-refractivity contribution in [3.63, 3.8) is 0 Å². The van der Waals surface area contributed by atoms with Gasteiger partial charge in [0.15, 0.2) is 5.96 Å². The van der Waals surface area contributed by atoms with Crippen LogP contribution in [0.1, 0.15) is 18.4 Å². The number of halogens is 3. The molecule has 0 radical (unpaired) electrons. The second-order valence-electron chi connectivity index (χ2n) is 5.97. The van der Waals surface area contributed by atoms with Gasteiger partial charge < -0.3 is 15.8 Å². The van der Waals surface area contributed by atoms with E-state index in [1.54, 1.807) is 31.4 Å². The first-order valence-electron chi connectivity index (χ1n) is 7.69. The van der Waals surface area contributed by atoms with Crippen LogP contribution in [0.3, 0.4) is 0 Å². The third-order valence-electron chi connectivity index (χ3n) is 4.27. The molecule has 7 heteroatoms. The van der Waals surface area contributed by atoms with Gasteiger partial charge in [-0.25, -0.2) is 4.39 Å². The first-order valence-corrected chi connectivity index (χ1v) is 8.07. The van der Waals surface area contributed by atoms with Gasteiger partial charge in [0.1, 0.15) is 11.6 Å². The lowest BCUT2D eigenvalue weighted by atomic mass is 9.96. The predicted molar refractivity (Wildman–Crippen MR) is 111 cm³/mol. The molecule has 3 N–H and O–H groups in total. The van der Waals surface area contributed by atoms with Crippen molar-refractivity contribution in [3.8, 4) is 5.75 Å². The van der Waals surface area contributed by atoms with Gasteiger partial charge in [0, 0.05) is 11.1 Å². The fraction of sp³-hybridized carbons (Fsp3) is 0.278. The minimum absolute atomic E-state index is 0. The second-order valence-corrected chi connectivity index (χ2v) is 6.37. The van der Waals surface area contributed by atoms with Crippen LogP contribution in [0.5, 0.6) is 5.75 Å². The molecule has 1 aliphatic rings. The molecule has 0 atom stereocenters. The lowest BCUT2D eigenvalue weighted by Crippen LogP contribution is -2.25. The highest BCUT2D eigenvalue weighted by atomic mass is 127. The van der Waals surface area contributed by atoms with E-state index in [0.29, 0.717) is 23.3 Å². The number of nitrogens with one attached hydrogen (secondary N) is 1. The Hall–Kier alpha value is -1.54. The van der Waals surface area contributed by atoms with Crippen molar-refractivity contribution in [2.75, 3.05) is 19.0 Å². The molecule has 0 bridgehead atoms. The van der Waals surface area contributed by atoms with Crippen molar-refractivity contribution >= 4 is 47.2 Å². The predicted octanol–water partition coefficient (Wildman–Crippen LogP) is 4.56. The summed E-state index contributed by atoms with van der Waals surface area (Å²) in [5.74, 6) is 0.682. The summed E-state index contributed by atoms with van der Waals surface area (Å²) in [5.41, 5.74) is 7.58. The lowest BCUT2D eigenvalue weighted by Gasteiger charge is -2.14. The molecule has 0 unspecified atom stereocenters. The maximum Gasteiger partial charge on any atom is 0.193 e. The Kier molecular flexibility index (Phi) is 6.51. The molecular weight excluding hydrogens is 456 g/mol. The number of ether oxygens (including phenoxy) is 1. The molecule has 25 heavy (non-hydrogen) atoms. The van der Waals surface area contributed by atoms with Crippen LogP contribution >= 0.6 is 35.6 Å². The summed E-state index contributed by atoms with van der Waals surface area (Å²) >= 11 is 6.09. The molecule has 0 amide bonds. The number of methoxy groups -OCH3 is 1. The summed E-state index contributed by atoms with van der Waals surface area (Å²) in [7, 11) is 1.56. The van der Waals surface area contributed by atoms with Crippen molar-refractivity contribution in [1.82, 2.24) is 0 Å². The summed E-state index contributed by atoms with van der Waals surface area (Å²) in [4.78, 5) is 4.42. The highest BCUT2D eigenvalue weighted by Gasteiger charge is 2.44. The van der Waals surface area contributed by atoms with Crippen molar-refractivity contribution in [2.45, 2.75) is 18.3 Å². The Balaban J connectivity index is 0.00000225. The molecule has 0 saturated heterocycles. The average molecular weight is 476 g/mol. The number of rotatable bonds is 5. The summed E-state index contributed by atoms with van der Waals surface area (Å²) in [6.07, 6.45) is 1.98. The van der Waals surface area contributed by atoms with Gasteiger partial charge in [-0.1, -0.05) is 23.7 Å². The van der Waals surface area contributed by atoms with E-state index in [9.17, 15) is 4.39 Å². The largest absolute Gasteiger partial charge is 0.495 e. The van der Waals surface area contributed by atoms with Crippen molar-refractivity contribution in [1.29, 1.82) is 0 Å². The van der Waals surface area contributed by atoms with E-state index in [4.69, 9.17) is 22.1 Å². The summed E-state index contributed by atoms with van der Waals surface area (Å²) < 4.78 is 18.5. The van der Waals surface area contributed by atoms with Crippen LogP contribution < -0.4 is 15.8 Å². The number of guanidine groups is 1. The van der Waals surface area contributed by atoms with E-state index in [-0.39, 0.29) is 35.2 Å². The highest BCUT2D eigenvalue weighted by Crippen LogP contribution is 2.48. The number of anilines is 1. The molecular formula is C18H20ClFIN3O. The van der Waals surface area contributed by atoms with Gasteiger partial charge in [-0.15, -0.1) is 24.0 Å². The Morgan fingerprint density at radius 1 is 1.32 bits per heavy atom. The smallest absolute Gasteiger partial charge is 0.193 e. The minimum Gasteiger partial charge on any atom is -0.495 e. The fourth-order valence-electron chi connectivity index (χ4n) is 2.68. The van der Waals surface area contributed by atoms with Crippen molar-refractivity contribution < 1.29 is 9.13 Å². The first-order chi connectivity index (χ1) is 11.5. The Bertz CT molecular complexity index is 781. The van der Waals surface area contributed by atoms with Gasteiger partial charge in [0.05, 0.1) is 18.7 Å². The second kappa shape index (κ2) is 8.23. The van der Waals surface area contributed by atoms with Gasteiger partial charge in [-0.2, -0.15) is 0 Å². The lowest BCUT2D eigenvalue weighted by molar-refractivity contribution is 0.415. The van der Waals surface area contributed by atoms with Gasteiger partial charge in [-0.3, -0.25) is 4.99 Å². The number of nitrogens with two attached hydrogens (primary N) is 1.